The van der Waals surface area contributed by atoms with Crippen LogP contribution >= 0.6 is 0 Å². The number of rotatable bonds is 6. The highest BCUT2D eigenvalue weighted by atomic mass is 16.1. The third-order valence-electron chi connectivity index (χ3n) is 3.30. The van der Waals surface area contributed by atoms with Crippen LogP contribution < -0.4 is 10.6 Å². The Labute approximate surface area is 93.0 Å². The number of hydrogen-bond acceptors (Lipinski definition) is 2. The van der Waals surface area contributed by atoms with Crippen molar-refractivity contribution in [1.29, 1.82) is 0 Å². The summed E-state index contributed by atoms with van der Waals surface area (Å²) in [7, 11) is 0. The van der Waals surface area contributed by atoms with Crippen LogP contribution in [0.4, 0.5) is 0 Å². The molecule has 0 aliphatic heterocycles. The Morgan fingerprint density at radius 2 is 2.07 bits per heavy atom. The van der Waals surface area contributed by atoms with Gasteiger partial charge in [0.1, 0.15) is 0 Å². The lowest BCUT2D eigenvalue weighted by Crippen LogP contribution is -2.35. The molecule has 1 aliphatic carbocycles. The maximum Gasteiger partial charge on any atom is 0.221 e. The summed E-state index contributed by atoms with van der Waals surface area (Å²) in [6, 6.07) is 0.571. The van der Waals surface area contributed by atoms with E-state index in [-0.39, 0.29) is 5.91 Å². The van der Waals surface area contributed by atoms with E-state index in [0.29, 0.717) is 12.5 Å². The zero-order valence-electron chi connectivity index (χ0n) is 10.0. The molecule has 1 aliphatic rings. The number of carbonyl (C=O) groups excluding carboxylic acids is 1. The van der Waals surface area contributed by atoms with E-state index in [9.17, 15) is 4.79 Å². The predicted molar refractivity (Wildman–Crippen MR) is 62.7 cm³/mol. The number of hydrogen-bond donors (Lipinski definition) is 2. The Balaban J connectivity index is 2.05. The molecule has 0 radical (unpaired) electrons. The highest BCUT2D eigenvalue weighted by Crippen LogP contribution is 2.27. The Hall–Kier alpha value is -0.570. The summed E-state index contributed by atoms with van der Waals surface area (Å²) >= 11 is 0. The lowest BCUT2D eigenvalue weighted by molar-refractivity contribution is -0.120. The molecule has 0 bridgehead atoms. The minimum absolute atomic E-state index is 0.156. The second-order valence-corrected chi connectivity index (χ2v) is 4.49. The lowest BCUT2D eigenvalue weighted by Gasteiger charge is -2.20. The van der Waals surface area contributed by atoms with E-state index in [1.807, 2.05) is 6.92 Å². The van der Waals surface area contributed by atoms with Gasteiger partial charge in [0.2, 0.25) is 5.91 Å². The Bertz CT molecular complexity index is 188. The molecule has 1 saturated carbocycles. The van der Waals surface area contributed by atoms with Crippen molar-refractivity contribution in [2.75, 3.05) is 13.1 Å². The first-order valence-electron chi connectivity index (χ1n) is 6.24. The summed E-state index contributed by atoms with van der Waals surface area (Å²) in [6.07, 6.45) is 6.08. The molecular weight excluding hydrogens is 188 g/mol. The van der Waals surface area contributed by atoms with E-state index in [4.69, 9.17) is 0 Å². The van der Waals surface area contributed by atoms with Crippen LogP contribution in [0.15, 0.2) is 0 Å². The van der Waals surface area contributed by atoms with Crippen molar-refractivity contribution in [3.63, 3.8) is 0 Å². The van der Waals surface area contributed by atoms with Crippen molar-refractivity contribution in [3.05, 3.63) is 0 Å². The molecule has 3 nitrogen and oxygen atoms in total. The topological polar surface area (TPSA) is 41.1 Å². The zero-order valence-corrected chi connectivity index (χ0v) is 10.0. The van der Waals surface area contributed by atoms with E-state index in [0.717, 1.165) is 19.0 Å². The molecule has 1 rings (SSSR count). The fourth-order valence-electron chi connectivity index (χ4n) is 2.32. The van der Waals surface area contributed by atoms with Crippen LogP contribution in [0.2, 0.25) is 0 Å². The molecule has 0 aromatic heterocycles. The summed E-state index contributed by atoms with van der Waals surface area (Å²) in [4.78, 5) is 11.2. The van der Waals surface area contributed by atoms with Gasteiger partial charge >= 0.3 is 0 Å². The first-order chi connectivity index (χ1) is 7.24. The fourth-order valence-corrected chi connectivity index (χ4v) is 2.32. The maximum atomic E-state index is 11.2. The standard InChI is InChI=1S/C12H24N2O/c1-3-13-12(15)8-9-14-10(2)11-6-4-5-7-11/h10-11,14H,3-9H2,1-2H3,(H,13,15)/t10-/m0/s1. The molecule has 1 fully saturated rings. The van der Waals surface area contributed by atoms with E-state index >= 15 is 0 Å². The van der Waals surface area contributed by atoms with E-state index in [1.54, 1.807) is 0 Å². The van der Waals surface area contributed by atoms with Gasteiger partial charge in [0, 0.05) is 25.6 Å². The molecule has 0 spiro atoms. The molecule has 0 aromatic rings. The monoisotopic (exact) mass is 212 g/mol. The number of amides is 1. The maximum absolute atomic E-state index is 11.2. The highest BCUT2D eigenvalue weighted by molar-refractivity contribution is 5.75. The van der Waals surface area contributed by atoms with Crippen molar-refractivity contribution < 1.29 is 4.79 Å². The van der Waals surface area contributed by atoms with Gasteiger partial charge in [0.25, 0.3) is 0 Å². The second kappa shape index (κ2) is 6.83. The van der Waals surface area contributed by atoms with Gasteiger partial charge in [-0.25, -0.2) is 0 Å². The van der Waals surface area contributed by atoms with Crippen LogP contribution in [0, 0.1) is 5.92 Å². The highest BCUT2D eigenvalue weighted by Gasteiger charge is 2.20. The van der Waals surface area contributed by atoms with Gasteiger partial charge in [-0.05, 0) is 32.6 Å². The van der Waals surface area contributed by atoms with Crippen LogP contribution in [-0.2, 0) is 4.79 Å². The third kappa shape index (κ3) is 4.65. The minimum Gasteiger partial charge on any atom is -0.356 e. The minimum atomic E-state index is 0.156. The van der Waals surface area contributed by atoms with Gasteiger partial charge in [-0.15, -0.1) is 0 Å². The Morgan fingerprint density at radius 1 is 1.40 bits per heavy atom. The van der Waals surface area contributed by atoms with Crippen molar-refractivity contribution in [3.8, 4) is 0 Å². The summed E-state index contributed by atoms with van der Waals surface area (Å²) in [5.74, 6) is 0.989. The van der Waals surface area contributed by atoms with E-state index < -0.39 is 0 Å². The van der Waals surface area contributed by atoms with Gasteiger partial charge in [-0.3, -0.25) is 4.79 Å². The largest absolute Gasteiger partial charge is 0.356 e. The molecule has 88 valence electrons. The molecule has 0 unspecified atom stereocenters. The van der Waals surface area contributed by atoms with Crippen LogP contribution in [0.1, 0.15) is 46.0 Å². The van der Waals surface area contributed by atoms with Crippen LogP contribution in [0.5, 0.6) is 0 Å². The predicted octanol–water partition coefficient (Wildman–Crippen LogP) is 1.68. The van der Waals surface area contributed by atoms with Crippen LogP contribution in [-0.4, -0.2) is 25.0 Å². The third-order valence-corrected chi connectivity index (χ3v) is 3.30. The van der Waals surface area contributed by atoms with Gasteiger partial charge in [0.15, 0.2) is 0 Å². The first-order valence-corrected chi connectivity index (χ1v) is 6.24. The molecule has 0 saturated heterocycles. The molecule has 2 N–H and O–H groups in total. The van der Waals surface area contributed by atoms with Gasteiger partial charge in [0.05, 0.1) is 0 Å². The zero-order chi connectivity index (χ0) is 11.1. The average Bonchev–Trinajstić information content (AvgIpc) is 2.70. The number of nitrogens with one attached hydrogen (secondary N) is 2. The van der Waals surface area contributed by atoms with Gasteiger partial charge in [-0.1, -0.05) is 12.8 Å². The smallest absolute Gasteiger partial charge is 0.221 e. The van der Waals surface area contributed by atoms with Gasteiger partial charge < -0.3 is 10.6 Å². The van der Waals surface area contributed by atoms with Crippen molar-refractivity contribution in [2.24, 2.45) is 5.92 Å². The second-order valence-electron chi connectivity index (χ2n) is 4.49. The SMILES string of the molecule is CCNC(=O)CCN[C@@H](C)C1CCCC1. The van der Waals surface area contributed by atoms with Crippen molar-refractivity contribution in [2.45, 2.75) is 52.0 Å². The Kier molecular flexibility index (Phi) is 5.69. The number of carbonyl (C=O) groups is 1. The molecule has 1 amide bonds. The van der Waals surface area contributed by atoms with Crippen LogP contribution in [0.25, 0.3) is 0 Å². The summed E-state index contributed by atoms with van der Waals surface area (Å²) < 4.78 is 0. The molecular formula is C12H24N2O. The molecule has 1 atom stereocenters. The molecule has 15 heavy (non-hydrogen) atoms. The summed E-state index contributed by atoms with van der Waals surface area (Å²) in [5, 5.41) is 6.26. The first kappa shape index (κ1) is 12.5. The lowest BCUT2D eigenvalue weighted by atomic mass is 10.00. The van der Waals surface area contributed by atoms with Crippen molar-refractivity contribution in [1.82, 2.24) is 10.6 Å². The Morgan fingerprint density at radius 3 is 2.67 bits per heavy atom. The summed E-state index contributed by atoms with van der Waals surface area (Å²) in [6.45, 7) is 5.74. The van der Waals surface area contributed by atoms with Crippen molar-refractivity contribution >= 4 is 5.91 Å². The molecule has 0 heterocycles. The van der Waals surface area contributed by atoms with E-state index in [1.165, 1.54) is 25.7 Å². The average molecular weight is 212 g/mol. The molecule has 0 aromatic carbocycles. The molecule has 3 heteroatoms. The fraction of sp³-hybridized carbons (Fsp3) is 0.917. The van der Waals surface area contributed by atoms with E-state index in [2.05, 4.69) is 17.6 Å². The summed E-state index contributed by atoms with van der Waals surface area (Å²) in [5.41, 5.74) is 0. The normalized spacial score (nSPS) is 19.1. The quantitative estimate of drug-likeness (QED) is 0.703. The van der Waals surface area contributed by atoms with Gasteiger partial charge in [-0.2, -0.15) is 0 Å². The van der Waals surface area contributed by atoms with Crippen LogP contribution in [0.3, 0.4) is 0 Å².